The van der Waals surface area contributed by atoms with Crippen LogP contribution >= 0.6 is 15.9 Å². The molecule has 1 heterocycles. The molecule has 1 aromatic carbocycles. The van der Waals surface area contributed by atoms with Crippen LogP contribution in [0.1, 0.15) is 23.2 Å². The van der Waals surface area contributed by atoms with Crippen molar-refractivity contribution in [1.29, 1.82) is 0 Å². The maximum absolute atomic E-state index is 11.8. The number of nitrogens with one attached hydrogen (secondary N) is 1. The summed E-state index contributed by atoms with van der Waals surface area (Å²) in [6, 6.07) is 10.9. The van der Waals surface area contributed by atoms with Gasteiger partial charge in [-0.05, 0) is 30.3 Å². The number of carbonyl (C=O) groups is 1. The molecule has 0 bridgehead atoms. The highest BCUT2D eigenvalue weighted by atomic mass is 79.9. The predicted molar refractivity (Wildman–Crippen MR) is 70.2 cm³/mol. The lowest BCUT2D eigenvalue weighted by atomic mass is 10.3. The van der Waals surface area contributed by atoms with E-state index in [2.05, 4.69) is 21.2 Å². The molecule has 0 saturated heterocycles. The Kier molecular flexibility index (Phi) is 3.64. The van der Waals surface area contributed by atoms with E-state index >= 15 is 0 Å². The topological polar surface area (TPSA) is 42.2 Å². The summed E-state index contributed by atoms with van der Waals surface area (Å²) in [6.07, 6.45) is 0.782. The number of hydrogen-bond donors (Lipinski definition) is 1. The summed E-state index contributed by atoms with van der Waals surface area (Å²) in [7, 11) is 0. The minimum absolute atomic E-state index is 0.234. The summed E-state index contributed by atoms with van der Waals surface area (Å²) in [4.78, 5) is 11.8. The van der Waals surface area contributed by atoms with Crippen LogP contribution in [0.5, 0.6) is 0 Å². The molecule has 0 aliphatic heterocycles. The zero-order valence-corrected chi connectivity index (χ0v) is 11.0. The van der Waals surface area contributed by atoms with Gasteiger partial charge in [-0.3, -0.25) is 4.79 Å². The quantitative estimate of drug-likeness (QED) is 0.934. The molecule has 0 aliphatic carbocycles. The molecule has 0 saturated carbocycles. The molecule has 1 aromatic heterocycles. The lowest BCUT2D eigenvalue weighted by Crippen LogP contribution is -2.10. The van der Waals surface area contributed by atoms with Crippen molar-refractivity contribution >= 4 is 27.5 Å². The summed E-state index contributed by atoms with van der Waals surface area (Å²) in [5, 5.41) is 2.77. The van der Waals surface area contributed by atoms with E-state index in [9.17, 15) is 4.79 Å². The average molecular weight is 294 g/mol. The Labute approximate surface area is 108 Å². The van der Waals surface area contributed by atoms with Gasteiger partial charge in [0, 0.05) is 16.6 Å². The van der Waals surface area contributed by atoms with Crippen LogP contribution in [0.3, 0.4) is 0 Å². The van der Waals surface area contributed by atoms with E-state index in [0.29, 0.717) is 5.76 Å². The van der Waals surface area contributed by atoms with E-state index < -0.39 is 0 Å². The Morgan fingerprint density at radius 2 is 2.18 bits per heavy atom. The lowest BCUT2D eigenvalue weighted by Gasteiger charge is -2.03. The molecule has 0 radical (unpaired) electrons. The Morgan fingerprint density at radius 1 is 1.35 bits per heavy atom. The van der Waals surface area contributed by atoms with E-state index in [0.717, 1.165) is 22.3 Å². The summed E-state index contributed by atoms with van der Waals surface area (Å²) in [5.74, 6) is 0.911. The molecule has 1 amide bonds. The van der Waals surface area contributed by atoms with Crippen LogP contribution in [0.15, 0.2) is 45.3 Å². The van der Waals surface area contributed by atoms with E-state index in [-0.39, 0.29) is 5.91 Å². The van der Waals surface area contributed by atoms with Crippen LogP contribution in [-0.4, -0.2) is 5.91 Å². The molecular formula is C13H12BrNO2. The number of anilines is 1. The number of furan rings is 1. The molecule has 0 atom stereocenters. The van der Waals surface area contributed by atoms with Crippen molar-refractivity contribution in [1.82, 2.24) is 0 Å². The second-order valence-corrected chi connectivity index (χ2v) is 4.50. The fraction of sp³-hybridized carbons (Fsp3) is 0.154. The third-order valence-corrected chi connectivity index (χ3v) is 2.81. The van der Waals surface area contributed by atoms with E-state index in [4.69, 9.17) is 4.42 Å². The highest BCUT2D eigenvalue weighted by Gasteiger charge is 2.10. The van der Waals surface area contributed by atoms with Crippen molar-refractivity contribution in [3.63, 3.8) is 0 Å². The van der Waals surface area contributed by atoms with Crippen molar-refractivity contribution < 1.29 is 9.21 Å². The van der Waals surface area contributed by atoms with Crippen molar-refractivity contribution in [3.05, 3.63) is 52.4 Å². The predicted octanol–water partition coefficient (Wildman–Crippen LogP) is 3.86. The fourth-order valence-corrected chi connectivity index (χ4v) is 1.85. The van der Waals surface area contributed by atoms with E-state index in [1.165, 1.54) is 0 Å². The molecule has 88 valence electrons. The van der Waals surface area contributed by atoms with Gasteiger partial charge in [0.05, 0.1) is 0 Å². The fourth-order valence-electron chi connectivity index (χ4n) is 1.45. The molecule has 2 aromatic rings. The molecule has 4 heteroatoms. The van der Waals surface area contributed by atoms with Crippen molar-refractivity contribution in [2.75, 3.05) is 5.32 Å². The molecule has 2 rings (SSSR count). The Morgan fingerprint density at radius 3 is 2.82 bits per heavy atom. The number of rotatable bonds is 3. The van der Waals surface area contributed by atoms with E-state index in [1.54, 1.807) is 6.07 Å². The van der Waals surface area contributed by atoms with Gasteiger partial charge in [0.15, 0.2) is 5.76 Å². The van der Waals surface area contributed by atoms with Gasteiger partial charge in [0.25, 0.3) is 5.91 Å². The summed E-state index contributed by atoms with van der Waals surface area (Å²) < 4.78 is 6.29. The summed E-state index contributed by atoms with van der Waals surface area (Å²) >= 11 is 3.35. The van der Waals surface area contributed by atoms with Gasteiger partial charge in [-0.25, -0.2) is 0 Å². The minimum atomic E-state index is -0.234. The minimum Gasteiger partial charge on any atom is -0.456 e. The smallest absolute Gasteiger partial charge is 0.291 e. The van der Waals surface area contributed by atoms with Crippen LogP contribution in [0.2, 0.25) is 0 Å². The Balaban J connectivity index is 2.11. The standard InChI is InChI=1S/C13H12BrNO2/c1-2-11-6-7-12(17-11)13(16)15-10-5-3-4-9(14)8-10/h3-8H,2H2,1H3,(H,15,16). The SMILES string of the molecule is CCc1ccc(C(=O)Nc2cccc(Br)c2)o1. The zero-order valence-electron chi connectivity index (χ0n) is 9.37. The zero-order chi connectivity index (χ0) is 12.3. The van der Waals surface area contributed by atoms with Crippen LogP contribution in [0.4, 0.5) is 5.69 Å². The first-order chi connectivity index (χ1) is 8.19. The van der Waals surface area contributed by atoms with Crippen molar-refractivity contribution in [2.24, 2.45) is 0 Å². The van der Waals surface area contributed by atoms with Crippen LogP contribution in [-0.2, 0) is 6.42 Å². The second-order valence-electron chi connectivity index (χ2n) is 3.58. The van der Waals surface area contributed by atoms with Gasteiger partial charge >= 0.3 is 0 Å². The third-order valence-electron chi connectivity index (χ3n) is 2.32. The monoisotopic (exact) mass is 293 g/mol. The molecule has 0 unspecified atom stereocenters. The maximum atomic E-state index is 11.8. The highest BCUT2D eigenvalue weighted by molar-refractivity contribution is 9.10. The van der Waals surface area contributed by atoms with Gasteiger partial charge < -0.3 is 9.73 Å². The number of hydrogen-bond acceptors (Lipinski definition) is 2. The number of carbonyl (C=O) groups excluding carboxylic acids is 1. The van der Waals surface area contributed by atoms with Gasteiger partial charge in [0.2, 0.25) is 0 Å². The summed E-state index contributed by atoms with van der Waals surface area (Å²) in [5.41, 5.74) is 0.735. The molecule has 3 nitrogen and oxygen atoms in total. The van der Waals surface area contributed by atoms with Gasteiger partial charge in [-0.15, -0.1) is 0 Å². The first-order valence-electron chi connectivity index (χ1n) is 5.34. The first-order valence-corrected chi connectivity index (χ1v) is 6.14. The maximum Gasteiger partial charge on any atom is 0.291 e. The summed E-state index contributed by atoms with van der Waals surface area (Å²) in [6.45, 7) is 1.98. The lowest BCUT2D eigenvalue weighted by molar-refractivity contribution is 0.0995. The highest BCUT2D eigenvalue weighted by Crippen LogP contribution is 2.17. The molecule has 1 N–H and O–H groups in total. The normalized spacial score (nSPS) is 10.2. The average Bonchev–Trinajstić information content (AvgIpc) is 2.77. The second kappa shape index (κ2) is 5.19. The van der Waals surface area contributed by atoms with Gasteiger partial charge in [-0.1, -0.05) is 28.9 Å². The van der Waals surface area contributed by atoms with Gasteiger partial charge in [-0.2, -0.15) is 0 Å². The van der Waals surface area contributed by atoms with Crippen molar-refractivity contribution in [2.45, 2.75) is 13.3 Å². The molecule has 0 spiro atoms. The molecule has 0 aliphatic rings. The number of benzene rings is 1. The molecular weight excluding hydrogens is 282 g/mol. The van der Waals surface area contributed by atoms with Crippen LogP contribution in [0.25, 0.3) is 0 Å². The largest absolute Gasteiger partial charge is 0.456 e. The van der Waals surface area contributed by atoms with Crippen molar-refractivity contribution in [3.8, 4) is 0 Å². The number of aryl methyl sites for hydroxylation is 1. The van der Waals surface area contributed by atoms with E-state index in [1.807, 2.05) is 37.3 Å². The number of halogens is 1. The Hall–Kier alpha value is -1.55. The Bertz CT molecular complexity index is 534. The van der Waals surface area contributed by atoms with Crippen LogP contribution in [0, 0.1) is 0 Å². The molecule has 0 fully saturated rings. The van der Waals surface area contributed by atoms with Crippen LogP contribution < -0.4 is 5.32 Å². The number of amides is 1. The molecule has 17 heavy (non-hydrogen) atoms. The first kappa shape index (κ1) is 11.9. The third kappa shape index (κ3) is 2.97. The van der Waals surface area contributed by atoms with Gasteiger partial charge in [0.1, 0.15) is 5.76 Å².